The van der Waals surface area contributed by atoms with E-state index in [-0.39, 0.29) is 16.6 Å². The zero-order chi connectivity index (χ0) is 13.0. The predicted molar refractivity (Wildman–Crippen MR) is 70.7 cm³/mol. The molecule has 17 heavy (non-hydrogen) atoms. The van der Waals surface area contributed by atoms with Crippen molar-refractivity contribution in [1.29, 1.82) is 0 Å². The van der Waals surface area contributed by atoms with E-state index in [1.807, 2.05) is 0 Å². The van der Waals surface area contributed by atoms with Crippen molar-refractivity contribution >= 4 is 17.4 Å². The van der Waals surface area contributed by atoms with Crippen molar-refractivity contribution in [2.75, 3.05) is 0 Å². The normalized spacial score (nSPS) is 11.1. The lowest BCUT2D eigenvalue weighted by Gasteiger charge is -2.06. The molecule has 0 heterocycles. The van der Waals surface area contributed by atoms with Crippen molar-refractivity contribution in [3.8, 4) is 5.75 Å². The van der Waals surface area contributed by atoms with Gasteiger partial charge in [-0.25, -0.2) is 0 Å². The highest BCUT2D eigenvalue weighted by molar-refractivity contribution is 6.33. The average Bonchev–Trinajstić information content (AvgIpc) is 2.31. The van der Waals surface area contributed by atoms with E-state index in [1.54, 1.807) is 19.1 Å². The molecule has 3 heteroatoms. The first-order chi connectivity index (χ1) is 8.01. The van der Waals surface area contributed by atoms with Crippen LogP contribution < -0.4 is 0 Å². The zero-order valence-electron chi connectivity index (χ0n) is 9.53. The monoisotopic (exact) mass is 248 g/mol. The molecule has 0 aliphatic rings. The summed E-state index contributed by atoms with van der Waals surface area (Å²) in [5, 5.41) is 9.82. The molecular formula is C14H13ClO2. The second-order valence-corrected chi connectivity index (χ2v) is 3.90. The summed E-state index contributed by atoms with van der Waals surface area (Å²) in [5.74, 6) is -0.327. The summed E-state index contributed by atoms with van der Waals surface area (Å²) in [6, 6.07) is 2.98. The van der Waals surface area contributed by atoms with E-state index in [0.29, 0.717) is 16.7 Å². The van der Waals surface area contributed by atoms with Crippen LogP contribution in [0.4, 0.5) is 0 Å². The minimum atomic E-state index is -0.227. The van der Waals surface area contributed by atoms with Crippen LogP contribution >= 0.6 is 11.6 Å². The number of aromatic hydroxyl groups is 1. The number of hydrogen-bond acceptors (Lipinski definition) is 2. The van der Waals surface area contributed by atoms with Crippen LogP contribution in [0.25, 0.3) is 0 Å². The number of allylic oxidation sites excluding steroid dienone is 4. The Bertz CT molecular complexity index is 490. The minimum absolute atomic E-state index is 0.1000. The first-order valence-corrected chi connectivity index (χ1v) is 5.38. The number of aryl methyl sites for hydroxylation is 1. The molecule has 1 N–H and O–H groups in total. The van der Waals surface area contributed by atoms with Gasteiger partial charge in [-0.3, -0.25) is 4.79 Å². The topological polar surface area (TPSA) is 37.3 Å². The van der Waals surface area contributed by atoms with Gasteiger partial charge in [-0.15, -0.1) is 0 Å². The maximum Gasteiger partial charge on any atom is 0.193 e. The summed E-state index contributed by atoms with van der Waals surface area (Å²) in [4.78, 5) is 12.0. The van der Waals surface area contributed by atoms with Crippen LogP contribution in [0.5, 0.6) is 5.75 Å². The average molecular weight is 249 g/mol. The van der Waals surface area contributed by atoms with E-state index in [1.165, 1.54) is 18.2 Å². The smallest absolute Gasteiger partial charge is 0.193 e. The summed E-state index contributed by atoms with van der Waals surface area (Å²) in [5.41, 5.74) is 1.44. The van der Waals surface area contributed by atoms with Crippen LogP contribution in [0.15, 0.2) is 49.1 Å². The Hall–Kier alpha value is -1.80. The van der Waals surface area contributed by atoms with Gasteiger partial charge in [-0.1, -0.05) is 43.0 Å². The Kier molecular flexibility index (Phi) is 4.30. The molecule has 0 unspecified atom stereocenters. The van der Waals surface area contributed by atoms with Crippen LogP contribution in [-0.4, -0.2) is 10.9 Å². The molecule has 0 aromatic heterocycles. The van der Waals surface area contributed by atoms with E-state index >= 15 is 0 Å². The first kappa shape index (κ1) is 13.3. The molecule has 0 amide bonds. The number of Topliss-reactive ketones (excluding diaryl/α,β-unsaturated/α-hetero) is 1. The van der Waals surface area contributed by atoms with Crippen LogP contribution in [0, 0.1) is 6.92 Å². The summed E-state index contributed by atoms with van der Waals surface area (Å²) in [7, 11) is 0. The van der Waals surface area contributed by atoms with E-state index < -0.39 is 0 Å². The quantitative estimate of drug-likeness (QED) is 0.499. The van der Waals surface area contributed by atoms with Crippen molar-refractivity contribution in [1.82, 2.24) is 0 Å². The van der Waals surface area contributed by atoms with Gasteiger partial charge in [0.25, 0.3) is 0 Å². The molecule has 0 bridgehead atoms. The number of carbonyl (C=O) groups is 1. The molecule has 2 nitrogen and oxygen atoms in total. The number of halogens is 1. The zero-order valence-corrected chi connectivity index (χ0v) is 10.3. The van der Waals surface area contributed by atoms with Crippen LogP contribution in [0.2, 0.25) is 5.02 Å². The molecule has 1 aromatic rings. The van der Waals surface area contributed by atoms with Crippen molar-refractivity contribution in [2.24, 2.45) is 0 Å². The first-order valence-electron chi connectivity index (χ1n) is 5.00. The third kappa shape index (κ3) is 2.86. The highest BCUT2D eigenvalue weighted by Crippen LogP contribution is 2.29. The third-order valence-electron chi connectivity index (χ3n) is 2.28. The van der Waals surface area contributed by atoms with Crippen LogP contribution in [-0.2, 0) is 0 Å². The van der Waals surface area contributed by atoms with Crippen LogP contribution in [0.3, 0.4) is 0 Å². The molecule has 0 saturated carbocycles. The fraction of sp³-hybridized carbons (Fsp3) is 0.0714. The van der Waals surface area contributed by atoms with Crippen molar-refractivity contribution in [3.63, 3.8) is 0 Å². The summed E-state index contributed by atoms with van der Waals surface area (Å²) < 4.78 is 0. The molecule has 0 atom stereocenters. The predicted octanol–water partition coefficient (Wildman–Crippen LogP) is 3.84. The van der Waals surface area contributed by atoms with Crippen LogP contribution in [0.1, 0.15) is 15.9 Å². The maximum absolute atomic E-state index is 12.0. The Morgan fingerprint density at radius 1 is 1.41 bits per heavy atom. The van der Waals surface area contributed by atoms with E-state index in [0.717, 1.165) is 0 Å². The molecule has 0 radical (unpaired) electrons. The van der Waals surface area contributed by atoms with Gasteiger partial charge in [0.2, 0.25) is 0 Å². The summed E-state index contributed by atoms with van der Waals surface area (Å²) in [6.07, 6.45) is 4.53. The lowest BCUT2D eigenvalue weighted by molar-refractivity contribution is 0.103. The van der Waals surface area contributed by atoms with Crippen molar-refractivity contribution < 1.29 is 9.90 Å². The molecule has 88 valence electrons. The molecular weight excluding hydrogens is 236 g/mol. The highest BCUT2D eigenvalue weighted by Gasteiger charge is 2.13. The molecule has 1 aromatic carbocycles. The summed E-state index contributed by atoms with van der Waals surface area (Å²) in [6.45, 7) is 8.82. The van der Waals surface area contributed by atoms with Gasteiger partial charge in [0.15, 0.2) is 5.78 Å². The molecule has 0 aliphatic carbocycles. The number of phenols is 1. The summed E-state index contributed by atoms with van der Waals surface area (Å²) >= 11 is 5.82. The number of benzene rings is 1. The number of phenolic OH excluding ortho intramolecular Hbond substituents is 1. The maximum atomic E-state index is 12.0. The fourth-order valence-electron chi connectivity index (χ4n) is 1.41. The standard InChI is InChI=1S/C14H13ClO2/c1-4-6-10(5-2)14(17)11-7-9(3)13(15)12(16)8-11/h4-8,16H,1-2H2,3H3/b10-6+. The Morgan fingerprint density at radius 2 is 2.06 bits per heavy atom. The lowest BCUT2D eigenvalue weighted by atomic mass is 10.0. The molecule has 0 saturated heterocycles. The van der Waals surface area contributed by atoms with E-state index in [4.69, 9.17) is 11.6 Å². The molecule has 0 aliphatic heterocycles. The third-order valence-corrected chi connectivity index (χ3v) is 2.77. The second kappa shape index (κ2) is 5.51. The number of carbonyl (C=O) groups excluding carboxylic acids is 1. The fourth-order valence-corrected chi connectivity index (χ4v) is 1.52. The molecule has 0 spiro atoms. The van der Waals surface area contributed by atoms with E-state index in [2.05, 4.69) is 13.2 Å². The SMILES string of the molecule is C=C/C=C(\C=C)C(=O)c1cc(C)c(Cl)c(O)c1. The van der Waals surface area contributed by atoms with Gasteiger partial charge in [-0.2, -0.15) is 0 Å². The number of ketones is 1. The van der Waals surface area contributed by atoms with Gasteiger partial charge in [0, 0.05) is 11.1 Å². The molecule has 0 fully saturated rings. The molecule has 1 rings (SSSR count). The Morgan fingerprint density at radius 3 is 2.53 bits per heavy atom. The van der Waals surface area contributed by atoms with Gasteiger partial charge in [-0.05, 0) is 24.6 Å². The van der Waals surface area contributed by atoms with Gasteiger partial charge in [0.05, 0.1) is 5.02 Å². The Balaban J connectivity index is 3.26. The van der Waals surface area contributed by atoms with Crippen molar-refractivity contribution in [2.45, 2.75) is 6.92 Å². The largest absolute Gasteiger partial charge is 0.506 e. The number of hydrogen-bond donors (Lipinski definition) is 1. The van der Waals surface area contributed by atoms with Gasteiger partial charge >= 0.3 is 0 Å². The Labute approximate surface area is 106 Å². The minimum Gasteiger partial charge on any atom is -0.506 e. The van der Waals surface area contributed by atoms with Gasteiger partial charge < -0.3 is 5.11 Å². The highest BCUT2D eigenvalue weighted by atomic mass is 35.5. The van der Waals surface area contributed by atoms with E-state index in [9.17, 15) is 9.90 Å². The van der Waals surface area contributed by atoms with Crippen molar-refractivity contribution in [3.05, 3.63) is 65.2 Å². The number of rotatable bonds is 4. The lowest BCUT2D eigenvalue weighted by Crippen LogP contribution is -2.02. The van der Waals surface area contributed by atoms with Gasteiger partial charge in [0.1, 0.15) is 5.75 Å². The second-order valence-electron chi connectivity index (χ2n) is 3.52.